The van der Waals surface area contributed by atoms with Crippen molar-refractivity contribution < 1.29 is 13.6 Å². The summed E-state index contributed by atoms with van der Waals surface area (Å²) in [6.45, 7) is 2.12. The van der Waals surface area contributed by atoms with E-state index in [2.05, 4.69) is 4.98 Å². The molecule has 3 aromatic heterocycles. The highest BCUT2D eigenvalue weighted by molar-refractivity contribution is 5.98. The van der Waals surface area contributed by atoms with Crippen molar-refractivity contribution >= 4 is 16.9 Å². The molecule has 4 aromatic rings. The predicted octanol–water partition coefficient (Wildman–Crippen LogP) is 3.83. The maximum atomic E-state index is 13.3. The number of carbonyl (C=O) groups is 1. The standard InChI is InChI=1S/C22H16N2O4/c1-13-8-9-17(27-13)19-18-20(25)15-6-2-3-7-16(15)28-21(18)22(26)24(19)12-14-5-4-10-23-11-14/h2-11,19H,12H2,1H3/t19-/m0/s1. The molecule has 0 fully saturated rings. The SMILES string of the molecule is Cc1ccc([C@H]2c3c(oc4ccccc4c3=O)C(=O)N2Cc2cccnc2)o1. The summed E-state index contributed by atoms with van der Waals surface area (Å²) < 4.78 is 11.7. The molecule has 6 nitrogen and oxygen atoms in total. The molecule has 0 saturated heterocycles. The van der Waals surface area contributed by atoms with E-state index >= 15 is 0 Å². The van der Waals surface area contributed by atoms with Crippen LogP contribution in [0.5, 0.6) is 0 Å². The fraction of sp³-hybridized carbons (Fsp3) is 0.136. The first-order valence-corrected chi connectivity index (χ1v) is 8.95. The van der Waals surface area contributed by atoms with Crippen molar-refractivity contribution in [3.63, 3.8) is 0 Å². The van der Waals surface area contributed by atoms with E-state index in [-0.39, 0.29) is 23.6 Å². The number of furan rings is 1. The lowest BCUT2D eigenvalue weighted by Gasteiger charge is -2.23. The molecule has 0 saturated carbocycles. The fourth-order valence-corrected chi connectivity index (χ4v) is 3.71. The van der Waals surface area contributed by atoms with Crippen LogP contribution < -0.4 is 5.43 Å². The summed E-state index contributed by atoms with van der Waals surface area (Å²) in [6.07, 6.45) is 3.38. The summed E-state index contributed by atoms with van der Waals surface area (Å²) in [5, 5.41) is 0.450. The van der Waals surface area contributed by atoms with Crippen molar-refractivity contribution in [3.8, 4) is 0 Å². The highest BCUT2D eigenvalue weighted by Gasteiger charge is 2.44. The third-order valence-electron chi connectivity index (χ3n) is 4.98. The Kier molecular flexibility index (Phi) is 3.65. The summed E-state index contributed by atoms with van der Waals surface area (Å²) in [6, 6.07) is 13.6. The van der Waals surface area contributed by atoms with E-state index in [1.807, 2.05) is 25.1 Å². The van der Waals surface area contributed by atoms with Gasteiger partial charge in [0.2, 0.25) is 5.76 Å². The Morgan fingerprint density at radius 2 is 1.89 bits per heavy atom. The topological polar surface area (TPSA) is 76.6 Å². The molecule has 0 N–H and O–H groups in total. The molecule has 0 radical (unpaired) electrons. The van der Waals surface area contributed by atoms with Gasteiger partial charge in [-0.15, -0.1) is 0 Å². The smallest absolute Gasteiger partial charge is 0.291 e. The molecule has 1 atom stereocenters. The summed E-state index contributed by atoms with van der Waals surface area (Å²) >= 11 is 0. The van der Waals surface area contributed by atoms with Crippen LogP contribution in [0.1, 0.15) is 39.2 Å². The van der Waals surface area contributed by atoms with Crippen LogP contribution in [0.2, 0.25) is 0 Å². The van der Waals surface area contributed by atoms with Gasteiger partial charge in [-0.2, -0.15) is 0 Å². The van der Waals surface area contributed by atoms with Gasteiger partial charge in [-0.25, -0.2) is 0 Å². The lowest BCUT2D eigenvalue weighted by Crippen LogP contribution is -2.29. The molecule has 4 heterocycles. The monoisotopic (exact) mass is 372 g/mol. The Bertz CT molecular complexity index is 1260. The van der Waals surface area contributed by atoms with E-state index in [0.29, 0.717) is 28.1 Å². The van der Waals surface area contributed by atoms with Crippen molar-refractivity contribution in [2.45, 2.75) is 19.5 Å². The maximum absolute atomic E-state index is 13.3. The molecule has 6 heteroatoms. The number of benzene rings is 1. The first-order valence-electron chi connectivity index (χ1n) is 8.95. The number of nitrogens with zero attached hydrogens (tertiary/aromatic N) is 2. The van der Waals surface area contributed by atoms with E-state index in [0.717, 1.165) is 5.56 Å². The molecule has 1 amide bonds. The first kappa shape index (κ1) is 16.5. The van der Waals surface area contributed by atoms with Gasteiger partial charge >= 0.3 is 0 Å². The molecule has 1 aromatic carbocycles. The number of aromatic nitrogens is 1. The van der Waals surface area contributed by atoms with Crippen molar-refractivity contribution in [1.29, 1.82) is 0 Å². The number of amides is 1. The molecule has 0 unspecified atom stereocenters. The number of carbonyl (C=O) groups excluding carboxylic acids is 1. The number of rotatable bonds is 3. The van der Waals surface area contributed by atoms with Crippen LogP contribution in [-0.2, 0) is 6.54 Å². The van der Waals surface area contributed by atoms with Crippen LogP contribution in [0.25, 0.3) is 11.0 Å². The number of fused-ring (bicyclic) bond motifs is 2. The van der Waals surface area contributed by atoms with Gasteiger partial charge in [0.25, 0.3) is 5.91 Å². The van der Waals surface area contributed by atoms with E-state index in [9.17, 15) is 9.59 Å². The molecule has 0 bridgehead atoms. The minimum Gasteiger partial charge on any atom is -0.464 e. The Morgan fingerprint density at radius 1 is 1.04 bits per heavy atom. The molecular formula is C22H16N2O4. The maximum Gasteiger partial charge on any atom is 0.291 e. The van der Waals surface area contributed by atoms with Gasteiger partial charge in [-0.05, 0) is 42.8 Å². The van der Waals surface area contributed by atoms with Gasteiger partial charge in [-0.1, -0.05) is 18.2 Å². The summed E-state index contributed by atoms with van der Waals surface area (Å²) in [5.41, 5.74) is 1.37. The number of para-hydroxylation sites is 1. The second-order valence-corrected chi connectivity index (χ2v) is 6.82. The van der Waals surface area contributed by atoms with E-state index in [4.69, 9.17) is 8.83 Å². The molecule has 0 aliphatic carbocycles. The molecule has 1 aliphatic heterocycles. The van der Waals surface area contributed by atoms with E-state index in [1.165, 1.54) is 0 Å². The van der Waals surface area contributed by atoms with Crippen LogP contribution in [0.4, 0.5) is 0 Å². The minimum absolute atomic E-state index is 0.0756. The van der Waals surface area contributed by atoms with Crippen molar-refractivity contribution in [2.24, 2.45) is 0 Å². The number of aryl methyl sites for hydroxylation is 1. The predicted molar refractivity (Wildman–Crippen MR) is 102 cm³/mol. The molecule has 1 aliphatic rings. The van der Waals surface area contributed by atoms with E-state index in [1.54, 1.807) is 47.6 Å². The lowest BCUT2D eigenvalue weighted by molar-refractivity contribution is 0.0699. The lowest BCUT2D eigenvalue weighted by atomic mass is 10.0. The fourth-order valence-electron chi connectivity index (χ4n) is 3.71. The summed E-state index contributed by atoms with van der Waals surface area (Å²) in [5.74, 6) is 0.992. The van der Waals surface area contributed by atoms with Gasteiger partial charge in [-0.3, -0.25) is 14.6 Å². The van der Waals surface area contributed by atoms with Gasteiger partial charge in [0, 0.05) is 18.9 Å². The molecular weight excluding hydrogens is 356 g/mol. The zero-order valence-corrected chi connectivity index (χ0v) is 15.1. The Labute approximate surface area is 160 Å². The van der Waals surface area contributed by atoms with Gasteiger partial charge < -0.3 is 13.7 Å². The third kappa shape index (κ3) is 2.45. The third-order valence-corrected chi connectivity index (χ3v) is 4.98. The van der Waals surface area contributed by atoms with Crippen LogP contribution in [0.3, 0.4) is 0 Å². The number of pyridine rings is 1. The highest BCUT2D eigenvalue weighted by Crippen LogP contribution is 2.39. The highest BCUT2D eigenvalue weighted by atomic mass is 16.4. The van der Waals surface area contributed by atoms with Crippen LogP contribution in [0.15, 0.2) is 74.6 Å². The minimum atomic E-state index is -0.641. The zero-order valence-electron chi connectivity index (χ0n) is 15.1. The Hall–Kier alpha value is -3.67. The molecule has 0 spiro atoms. The first-order chi connectivity index (χ1) is 13.6. The average Bonchev–Trinajstić information content (AvgIpc) is 3.25. The molecule has 5 rings (SSSR count). The van der Waals surface area contributed by atoms with Crippen molar-refractivity contribution in [1.82, 2.24) is 9.88 Å². The number of hydrogen-bond acceptors (Lipinski definition) is 5. The normalized spacial score (nSPS) is 16.0. The zero-order chi connectivity index (χ0) is 19.3. The van der Waals surface area contributed by atoms with Gasteiger partial charge in [0.15, 0.2) is 5.43 Å². The molecule has 138 valence electrons. The Balaban J connectivity index is 1.73. The second-order valence-electron chi connectivity index (χ2n) is 6.82. The van der Waals surface area contributed by atoms with Crippen LogP contribution in [-0.4, -0.2) is 15.8 Å². The van der Waals surface area contributed by atoms with Gasteiger partial charge in [0.05, 0.1) is 10.9 Å². The Morgan fingerprint density at radius 3 is 2.64 bits per heavy atom. The molecule has 28 heavy (non-hydrogen) atoms. The van der Waals surface area contributed by atoms with Crippen molar-refractivity contribution in [3.05, 3.63) is 99.6 Å². The van der Waals surface area contributed by atoms with E-state index < -0.39 is 6.04 Å². The average molecular weight is 372 g/mol. The quantitative estimate of drug-likeness (QED) is 0.546. The summed E-state index contributed by atoms with van der Waals surface area (Å²) in [4.78, 5) is 32.2. The van der Waals surface area contributed by atoms with Crippen LogP contribution in [0, 0.1) is 6.92 Å². The second kappa shape index (κ2) is 6.20. The van der Waals surface area contributed by atoms with Crippen LogP contribution >= 0.6 is 0 Å². The van der Waals surface area contributed by atoms with Crippen molar-refractivity contribution in [2.75, 3.05) is 0 Å². The summed E-state index contributed by atoms with van der Waals surface area (Å²) in [7, 11) is 0. The van der Waals surface area contributed by atoms with Gasteiger partial charge in [0.1, 0.15) is 23.1 Å². The number of hydrogen-bond donors (Lipinski definition) is 0. The largest absolute Gasteiger partial charge is 0.464 e.